The number of hydrogen-bond donors (Lipinski definition) is 1. The molecule has 0 saturated heterocycles. The van der Waals surface area contributed by atoms with Gasteiger partial charge in [0.2, 0.25) is 5.78 Å². The number of nitro groups is 1. The maximum atomic E-state index is 12.5. The van der Waals surface area contributed by atoms with E-state index in [9.17, 15) is 24.5 Å². The number of ketones is 1. The molecule has 2 rings (SSSR count). The molecule has 0 aliphatic rings. The van der Waals surface area contributed by atoms with E-state index in [0.717, 1.165) is 0 Å². The van der Waals surface area contributed by atoms with Crippen LogP contribution in [0.3, 0.4) is 0 Å². The van der Waals surface area contributed by atoms with E-state index in [2.05, 4.69) is 4.98 Å². The number of ether oxygens (including phenoxy) is 2. The lowest BCUT2D eigenvalue weighted by Crippen LogP contribution is -2.16. The number of aromatic amines is 1. The second-order valence-corrected chi connectivity index (χ2v) is 6.10. The lowest BCUT2D eigenvalue weighted by Gasteiger charge is -2.06. The Morgan fingerprint density at radius 3 is 2.36 bits per heavy atom. The fourth-order valence-electron chi connectivity index (χ4n) is 2.85. The van der Waals surface area contributed by atoms with Crippen molar-refractivity contribution in [1.29, 1.82) is 0 Å². The van der Waals surface area contributed by atoms with E-state index in [0.29, 0.717) is 16.8 Å². The van der Waals surface area contributed by atoms with Gasteiger partial charge >= 0.3 is 11.9 Å². The van der Waals surface area contributed by atoms with Crippen LogP contribution in [0.2, 0.25) is 0 Å². The third kappa shape index (κ3) is 4.25. The summed E-state index contributed by atoms with van der Waals surface area (Å²) in [6.07, 6.45) is 0. The molecular weight excluding hydrogens is 368 g/mol. The van der Waals surface area contributed by atoms with Crippen LogP contribution in [-0.2, 0) is 9.47 Å². The van der Waals surface area contributed by atoms with Crippen LogP contribution in [0, 0.1) is 30.9 Å². The van der Waals surface area contributed by atoms with Crippen LogP contribution in [-0.4, -0.2) is 40.8 Å². The maximum absolute atomic E-state index is 12.5. The Bertz CT molecular complexity index is 959. The van der Waals surface area contributed by atoms with E-state index in [1.807, 2.05) is 0 Å². The number of hydrogen-bond acceptors (Lipinski definition) is 7. The van der Waals surface area contributed by atoms with Crippen molar-refractivity contribution in [2.45, 2.75) is 27.7 Å². The Morgan fingerprint density at radius 2 is 1.79 bits per heavy atom. The number of carbonyl (C=O) groups is 3. The van der Waals surface area contributed by atoms with Gasteiger partial charge in [0.05, 0.1) is 17.1 Å². The highest BCUT2D eigenvalue weighted by Gasteiger charge is 2.24. The second kappa shape index (κ2) is 8.47. The first-order valence-corrected chi connectivity index (χ1v) is 8.49. The summed E-state index contributed by atoms with van der Waals surface area (Å²) in [5.74, 6) is -1.82. The Morgan fingerprint density at radius 1 is 1.11 bits per heavy atom. The zero-order valence-corrected chi connectivity index (χ0v) is 16.0. The fraction of sp³-hybridized carbons (Fsp3) is 0.316. The zero-order chi connectivity index (χ0) is 21.0. The molecule has 0 aliphatic heterocycles. The normalized spacial score (nSPS) is 10.4. The summed E-state index contributed by atoms with van der Waals surface area (Å²) in [5.41, 5.74) is 1.62. The molecule has 0 unspecified atom stereocenters. The molecule has 0 saturated carbocycles. The average Bonchev–Trinajstić information content (AvgIpc) is 2.93. The lowest BCUT2D eigenvalue weighted by molar-refractivity contribution is -0.385. The highest BCUT2D eigenvalue weighted by Crippen LogP contribution is 2.21. The average molecular weight is 388 g/mol. The second-order valence-electron chi connectivity index (χ2n) is 6.10. The van der Waals surface area contributed by atoms with Gasteiger partial charge in [0.15, 0.2) is 6.61 Å². The van der Waals surface area contributed by atoms with Crippen LogP contribution in [0.4, 0.5) is 5.69 Å². The number of nitrogens with one attached hydrogen (secondary N) is 1. The van der Waals surface area contributed by atoms with Gasteiger partial charge in [-0.15, -0.1) is 0 Å². The number of rotatable bonds is 7. The Hall–Kier alpha value is -3.49. The smallest absolute Gasteiger partial charge is 0.355 e. The monoisotopic (exact) mass is 388 g/mol. The van der Waals surface area contributed by atoms with E-state index in [1.165, 1.54) is 25.1 Å². The molecule has 0 bridgehead atoms. The number of aromatic nitrogens is 1. The van der Waals surface area contributed by atoms with Crippen molar-refractivity contribution in [2.24, 2.45) is 0 Å². The molecular formula is C19H20N2O7. The maximum Gasteiger partial charge on any atom is 0.355 e. The molecule has 1 aromatic heterocycles. The van der Waals surface area contributed by atoms with Gasteiger partial charge in [-0.2, -0.15) is 0 Å². The third-order valence-electron chi connectivity index (χ3n) is 4.16. The molecule has 0 radical (unpaired) electrons. The first kappa shape index (κ1) is 20.8. The van der Waals surface area contributed by atoms with E-state index < -0.39 is 29.3 Å². The van der Waals surface area contributed by atoms with Crippen LogP contribution in [0.5, 0.6) is 0 Å². The fourth-order valence-corrected chi connectivity index (χ4v) is 2.85. The molecule has 9 nitrogen and oxygen atoms in total. The summed E-state index contributed by atoms with van der Waals surface area (Å²) in [5, 5.41) is 10.8. The summed E-state index contributed by atoms with van der Waals surface area (Å²) >= 11 is 0. The van der Waals surface area contributed by atoms with Gasteiger partial charge in [0.25, 0.3) is 5.69 Å². The van der Waals surface area contributed by atoms with Crippen LogP contribution >= 0.6 is 0 Å². The van der Waals surface area contributed by atoms with Gasteiger partial charge < -0.3 is 14.5 Å². The van der Waals surface area contributed by atoms with Gasteiger partial charge in [-0.05, 0) is 45.4 Å². The Kier molecular flexibility index (Phi) is 6.29. The van der Waals surface area contributed by atoms with Crippen molar-refractivity contribution in [3.63, 3.8) is 0 Å². The van der Waals surface area contributed by atoms with E-state index in [4.69, 9.17) is 9.47 Å². The summed E-state index contributed by atoms with van der Waals surface area (Å²) in [4.78, 5) is 49.7. The molecule has 0 atom stereocenters. The Labute approximate surface area is 160 Å². The minimum atomic E-state index is -0.775. The molecule has 0 spiro atoms. The predicted octanol–water partition coefficient (Wildman–Crippen LogP) is 3.06. The number of Topliss-reactive ketones (excluding diaryl/α,β-unsaturated/α-hetero) is 1. The van der Waals surface area contributed by atoms with E-state index in [-0.39, 0.29) is 29.1 Å². The van der Waals surface area contributed by atoms with Crippen LogP contribution < -0.4 is 0 Å². The molecule has 2 aromatic rings. The van der Waals surface area contributed by atoms with Gasteiger partial charge in [-0.1, -0.05) is 0 Å². The molecule has 1 heterocycles. The number of nitrogens with zero attached hydrogens (tertiary/aromatic N) is 1. The molecule has 0 amide bonds. The topological polar surface area (TPSA) is 129 Å². The predicted molar refractivity (Wildman–Crippen MR) is 98.7 cm³/mol. The largest absolute Gasteiger partial charge is 0.461 e. The highest BCUT2D eigenvalue weighted by atomic mass is 16.6. The molecule has 1 N–H and O–H groups in total. The van der Waals surface area contributed by atoms with Crippen molar-refractivity contribution in [2.75, 3.05) is 13.2 Å². The summed E-state index contributed by atoms with van der Waals surface area (Å²) < 4.78 is 9.97. The number of esters is 2. The van der Waals surface area contributed by atoms with E-state index >= 15 is 0 Å². The quantitative estimate of drug-likeness (QED) is 0.334. The van der Waals surface area contributed by atoms with Gasteiger partial charge in [-0.25, -0.2) is 9.59 Å². The van der Waals surface area contributed by atoms with Crippen molar-refractivity contribution in [1.82, 2.24) is 4.98 Å². The van der Waals surface area contributed by atoms with Crippen LogP contribution in [0.1, 0.15) is 54.9 Å². The number of H-pyrrole nitrogens is 1. The molecule has 0 fully saturated rings. The first-order chi connectivity index (χ1) is 13.2. The van der Waals surface area contributed by atoms with Gasteiger partial charge in [0, 0.05) is 22.9 Å². The van der Waals surface area contributed by atoms with Crippen LogP contribution in [0.15, 0.2) is 18.2 Å². The van der Waals surface area contributed by atoms with Gasteiger partial charge in [-0.3, -0.25) is 14.9 Å². The minimum Gasteiger partial charge on any atom is -0.461 e. The number of carbonyl (C=O) groups excluding carboxylic acids is 3. The van der Waals surface area contributed by atoms with Crippen molar-refractivity contribution in [3.05, 3.63) is 62.0 Å². The molecule has 1 aromatic carbocycles. The number of nitro benzene ring substituents is 1. The molecule has 28 heavy (non-hydrogen) atoms. The third-order valence-corrected chi connectivity index (χ3v) is 4.16. The molecule has 148 valence electrons. The van der Waals surface area contributed by atoms with E-state index in [1.54, 1.807) is 20.8 Å². The SMILES string of the molecule is CCOC(=O)c1[nH]c(C)c(C(=O)COC(=O)c2ccc([N+](=O)[O-])c(C)c2)c1C. The lowest BCUT2D eigenvalue weighted by atomic mass is 10.1. The number of aryl methyl sites for hydroxylation is 2. The summed E-state index contributed by atoms with van der Waals surface area (Å²) in [6.45, 7) is 6.08. The molecule has 0 aliphatic carbocycles. The summed E-state index contributed by atoms with van der Waals surface area (Å²) in [7, 11) is 0. The van der Waals surface area contributed by atoms with Crippen molar-refractivity contribution < 1.29 is 28.8 Å². The number of benzene rings is 1. The minimum absolute atomic E-state index is 0.102. The zero-order valence-electron chi connectivity index (χ0n) is 16.0. The van der Waals surface area contributed by atoms with Gasteiger partial charge in [0.1, 0.15) is 5.69 Å². The molecule has 9 heteroatoms. The van der Waals surface area contributed by atoms with Crippen molar-refractivity contribution >= 4 is 23.4 Å². The first-order valence-electron chi connectivity index (χ1n) is 8.49. The van der Waals surface area contributed by atoms with Crippen molar-refractivity contribution in [3.8, 4) is 0 Å². The summed E-state index contributed by atoms with van der Waals surface area (Å²) in [6, 6.07) is 3.81. The van der Waals surface area contributed by atoms with Crippen LogP contribution in [0.25, 0.3) is 0 Å². The highest BCUT2D eigenvalue weighted by molar-refractivity contribution is 6.04. The standard InChI is InChI=1S/C19H20N2O7/c1-5-27-19(24)17-11(3)16(12(4)20-17)15(22)9-28-18(23)13-6-7-14(21(25)26)10(2)8-13/h6-8,20H,5,9H2,1-4H3. The Balaban J connectivity index is 2.12.